The van der Waals surface area contributed by atoms with Gasteiger partial charge in [-0.05, 0) is 6.42 Å². The molecule has 0 amide bonds. The van der Waals surface area contributed by atoms with Crippen LogP contribution in [0.5, 0.6) is 0 Å². The summed E-state index contributed by atoms with van der Waals surface area (Å²) in [6.07, 6.45) is 2.72. The third-order valence-corrected chi connectivity index (χ3v) is 1.72. The second kappa shape index (κ2) is 4.21. The van der Waals surface area contributed by atoms with Gasteiger partial charge in [0.05, 0.1) is 6.04 Å². The Morgan fingerprint density at radius 1 is 1.50 bits per heavy atom. The van der Waals surface area contributed by atoms with Gasteiger partial charge in [0.25, 0.3) is 0 Å². The molecule has 0 aliphatic rings. The summed E-state index contributed by atoms with van der Waals surface area (Å²) in [5, 5.41) is 3.77. The molecule has 0 bridgehead atoms. The first-order valence-corrected chi connectivity index (χ1v) is 4.36. The van der Waals surface area contributed by atoms with Gasteiger partial charge in [0.2, 0.25) is 5.89 Å². The van der Waals surface area contributed by atoms with Gasteiger partial charge in [-0.3, -0.25) is 0 Å². The number of nitrogens with two attached hydrogens (primary N) is 1. The Bertz CT molecular complexity index is 234. The minimum atomic E-state index is -0.0946. The predicted octanol–water partition coefficient (Wildman–Crippen LogP) is 1.43. The summed E-state index contributed by atoms with van der Waals surface area (Å²) in [7, 11) is 0. The molecule has 2 N–H and O–H groups in total. The average Bonchev–Trinajstić information content (AvgIpc) is 2.52. The van der Waals surface area contributed by atoms with Crippen LogP contribution in [-0.4, -0.2) is 10.1 Å². The van der Waals surface area contributed by atoms with E-state index in [1.807, 2.05) is 6.92 Å². The van der Waals surface area contributed by atoms with Crippen molar-refractivity contribution in [2.75, 3.05) is 0 Å². The number of hydrogen-bond donors (Lipinski definition) is 1. The Morgan fingerprint density at radius 2 is 2.25 bits per heavy atom. The average molecular weight is 169 g/mol. The molecule has 0 spiro atoms. The monoisotopic (exact) mass is 169 g/mol. The Morgan fingerprint density at radius 3 is 2.75 bits per heavy atom. The first kappa shape index (κ1) is 9.19. The van der Waals surface area contributed by atoms with Crippen LogP contribution in [0.3, 0.4) is 0 Å². The summed E-state index contributed by atoms with van der Waals surface area (Å²) >= 11 is 0. The van der Waals surface area contributed by atoms with Crippen LogP contribution in [0.1, 0.15) is 44.4 Å². The highest BCUT2D eigenvalue weighted by atomic mass is 16.5. The largest absolute Gasteiger partial charge is 0.338 e. The fraction of sp³-hybridized carbons (Fsp3) is 0.750. The van der Waals surface area contributed by atoms with Crippen LogP contribution in [0, 0.1) is 0 Å². The van der Waals surface area contributed by atoms with E-state index >= 15 is 0 Å². The van der Waals surface area contributed by atoms with Crippen molar-refractivity contribution in [1.82, 2.24) is 10.1 Å². The van der Waals surface area contributed by atoms with Gasteiger partial charge >= 0.3 is 0 Å². The van der Waals surface area contributed by atoms with Crippen LogP contribution in [-0.2, 0) is 6.42 Å². The van der Waals surface area contributed by atoms with Crippen molar-refractivity contribution >= 4 is 0 Å². The van der Waals surface area contributed by atoms with Gasteiger partial charge in [0.15, 0.2) is 5.82 Å². The molecular weight excluding hydrogens is 154 g/mol. The van der Waals surface area contributed by atoms with Crippen LogP contribution in [0.15, 0.2) is 4.52 Å². The molecule has 0 aliphatic heterocycles. The molecule has 0 radical (unpaired) electrons. The Hall–Kier alpha value is -0.900. The molecule has 0 aromatic carbocycles. The number of nitrogens with zero attached hydrogens (tertiary/aromatic N) is 2. The number of aryl methyl sites for hydroxylation is 1. The quantitative estimate of drug-likeness (QED) is 0.740. The molecule has 0 saturated carbocycles. The second-order valence-electron chi connectivity index (χ2n) is 2.80. The van der Waals surface area contributed by atoms with Crippen LogP contribution >= 0.6 is 0 Å². The van der Waals surface area contributed by atoms with Crippen molar-refractivity contribution in [2.24, 2.45) is 5.73 Å². The molecule has 1 aromatic heterocycles. The summed E-state index contributed by atoms with van der Waals surface area (Å²) < 4.78 is 4.98. The maximum atomic E-state index is 5.78. The van der Waals surface area contributed by atoms with Crippen molar-refractivity contribution in [3.05, 3.63) is 11.7 Å². The first-order chi connectivity index (χ1) is 5.77. The molecule has 0 unspecified atom stereocenters. The van der Waals surface area contributed by atoms with E-state index in [1.165, 1.54) is 0 Å². The van der Waals surface area contributed by atoms with Gasteiger partial charge < -0.3 is 10.3 Å². The molecule has 0 saturated heterocycles. The third kappa shape index (κ3) is 2.04. The van der Waals surface area contributed by atoms with Gasteiger partial charge in [-0.25, -0.2) is 0 Å². The summed E-state index contributed by atoms with van der Waals surface area (Å²) in [5.41, 5.74) is 5.78. The van der Waals surface area contributed by atoms with Crippen LogP contribution in [0.2, 0.25) is 0 Å². The van der Waals surface area contributed by atoms with Crippen molar-refractivity contribution in [3.8, 4) is 0 Å². The van der Waals surface area contributed by atoms with Crippen LogP contribution < -0.4 is 5.73 Å². The highest BCUT2D eigenvalue weighted by molar-refractivity contribution is 4.90. The molecule has 1 rings (SSSR count). The summed E-state index contributed by atoms with van der Waals surface area (Å²) in [6, 6.07) is -0.0946. The minimum absolute atomic E-state index is 0.0946. The van der Waals surface area contributed by atoms with E-state index in [2.05, 4.69) is 17.1 Å². The van der Waals surface area contributed by atoms with Gasteiger partial charge in [-0.2, -0.15) is 4.98 Å². The molecule has 12 heavy (non-hydrogen) atoms. The fourth-order valence-corrected chi connectivity index (χ4v) is 0.996. The lowest BCUT2D eigenvalue weighted by Gasteiger charge is -2.01. The zero-order chi connectivity index (χ0) is 8.97. The van der Waals surface area contributed by atoms with E-state index < -0.39 is 0 Å². The van der Waals surface area contributed by atoms with E-state index in [9.17, 15) is 0 Å². The number of hydrogen-bond acceptors (Lipinski definition) is 4. The van der Waals surface area contributed by atoms with Crippen LogP contribution in [0.4, 0.5) is 0 Å². The minimum Gasteiger partial charge on any atom is -0.338 e. The molecule has 68 valence electrons. The highest BCUT2D eigenvalue weighted by Crippen LogP contribution is 2.12. The molecule has 0 fully saturated rings. The third-order valence-electron chi connectivity index (χ3n) is 1.72. The van der Waals surface area contributed by atoms with Crippen molar-refractivity contribution in [1.29, 1.82) is 0 Å². The standard InChI is InChI=1S/C8H15N3O/c1-3-5-6(9)8-10-7(4-2)11-12-8/h6H,3-5,9H2,1-2H3/t6-/m0/s1. The lowest BCUT2D eigenvalue weighted by Crippen LogP contribution is -2.10. The molecule has 1 atom stereocenters. The van der Waals surface area contributed by atoms with E-state index in [4.69, 9.17) is 10.3 Å². The van der Waals surface area contributed by atoms with Gasteiger partial charge in [-0.15, -0.1) is 0 Å². The van der Waals surface area contributed by atoms with Gasteiger partial charge in [0, 0.05) is 6.42 Å². The molecule has 4 heteroatoms. The molecular formula is C8H15N3O. The molecule has 0 aliphatic carbocycles. The van der Waals surface area contributed by atoms with Gasteiger partial charge in [0.1, 0.15) is 0 Å². The fourth-order valence-electron chi connectivity index (χ4n) is 0.996. The maximum Gasteiger partial charge on any atom is 0.243 e. The topological polar surface area (TPSA) is 64.9 Å². The zero-order valence-corrected chi connectivity index (χ0v) is 7.58. The smallest absolute Gasteiger partial charge is 0.243 e. The predicted molar refractivity (Wildman–Crippen MR) is 45.5 cm³/mol. The van der Waals surface area contributed by atoms with E-state index in [-0.39, 0.29) is 6.04 Å². The van der Waals surface area contributed by atoms with Crippen molar-refractivity contribution in [2.45, 2.75) is 39.2 Å². The van der Waals surface area contributed by atoms with Crippen molar-refractivity contribution in [3.63, 3.8) is 0 Å². The Labute approximate surface area is 72.1 Å². The lowest BCUT2D eigenvalue weighted by molar-refractivity contribution is 0.344. The second-order valence-corrected chi connectivity index (χ2v) is 2.80. The first-order valence-electron chi connectivity index (χ1n) is 4.36. The molecule has 1 heterocycles. The SMILES string of the molecule is CCC[C@H](N)c1nc(CC)no1. The Balaban J connectivity index is 2.61. The zero-order valence-electron chi connectivity index (χ0n) is 7.58. The number of aromatic nitrogens is 2. The van der Waals surface area contributed by atoms with Crippen LogP contribution in [0.25, 0.3) is 0 Å². The number of rotatable bonds is 4. The molecule has 4 nitrogen and oxygen atoms in total. The lowest BCUT2D eigenvalue weighted by atomic mass is 10.2. The molecule has 1 aromatic rings. The van der Waals surface area contributed by atoms with Gasteiger partial charge in [-0.1, -0.05) is 25.4 Å². The Kier molecular flexibility index (Phi) is 3.22. The van der Waals surface area contributed by atoms with E-state index in [0.29, 0.717) is 5.89 Å². The van der Waals surface area contributed by atoms with E-state index in [0.717, 1.165) is 25.1 Å². The summed E-state index contributed by atoms with van der Waals surface area (Å²) in [4.78, 5) is 4.14. The van der Waals surface area contributed by atoms with E-state index in [1.54, 1.807) is 0 Å². The van der Waals surface area contributed by atoms with Crippen molar-refractivity contribution < 1.29 is 4.52 Å². The summed E-state index contributed by atoms with van der Waals surface area (Å²) in [5.74, 6) is 1.30. The maximum absolute atomic E-state index is 5.78. The highest BCUT2D eigenvalue weighted by Gasteiger charge is 2.12. The summed E-state index contributed by atoms with van der Waals surface area (Å²) in [6.45, 7) is 4.07. The normalized spacial score (nSPS) is 13.2.